The van der Waals surface area contributed by atoms with E-state index >= 15 is 0 Å². The van der Waals surface area contributed by atoms with Gasteiger partial charge in [-0.15, -0.1) is 0 Å². The topological polar surface area (TPSA) is 63.2 Å². The van der Waals surface area contributed by atoms with Gasteiger partial charge in [0.1, 0.15) is 10.7 Å². The number of hydrogen-bond acceptors (Lipinski definition) is 5. The van der Waals surface area contributed by atoms with Crippen LogP contribution < -0.4 is 15.4 Å². The van der Waals surface area contributed by atoms with Gasteiger partial charge in [0, 0.05) is 36.1 Å². The van der Waals surface area contributed by atoms with Crippen molar-refractivity contribution in [1.29, 1.82) is 0 Å². The fourth-order valence-corrected chi connectivity index (χ4v) is 4.18. The number of thiocarbonyl (C=S) groups is 1. The molecule has 2 aliphatic rings. The van der Waals surface area contributed by atoms with Crippen molar-refractivity contribution >= 4 is 28.7 Å². The lowest BCUT2D eigenvalue weighted by Crippen LogP contribution is -2.35. The number of nitrogens with one attached hydrogen (secondary N) is 2. The lowest BCUT2D eigenvalue weighted by atomic mass is 9.75. The highest BCUT2D eigenvalue weighted by Gasteiger charge is 2.34. The first-order valence-electron chi connectivity index (χ1n) is 10.8. The smallest absolute Gasteiger partial charge is 0.168 e. The summed E-state index contributed by atoms with van der Waals surface area (Å²) in [5.74, 6) is 1.55. The maximum atomic E-state index is 13.1. The number of para-hydroxylation sites is 1. The van der Waals surface area contributed by atoms with Crippen molar-refractivity contribution < 1.29 is 9.53 Å². The zero-order chi connectivity index (χ0) is 21.8. The number of carbonyl (C=O) groups is 1. The number of benzene rings is 1. The Morgan fingerprint density at radius 1 is 1.19 bits per heavy atom. The SMILES string of the molecule is CC1(C)CC(=O)C(C(=S)Nc2ccccc2)=C(NCc2ccncc2OCC2CC2)C1. The lowest BCUT2D eigenvalue weighted by molar-refractivity contribution is -0.117. The van der Waals surface area contributed by atoms with Crippen LogP contribution in [0.5, 0.6) is 5.75 Å². The number of ether oxygens (including phenoxy) is 1. The predicted molar refractivity (Wildman–Crippen MR) is 127 cm³/mol. The van der Waals surface area contributed by atoms with Crippen LogP contribution in [0.4, 0.5) is 5.69 Å². The number of nitrogens with zero attached hydrogens (tertiary/aromatic N) is 1. The minimum absolute atomic E-state index is 0.0760. The van der Waals surface area contributed by atoms with E-state index in [9.17, 15) is 4.79 Å². The molecular formula is C25H29N3O2S. The molecule has 162 valence electrons. The second-order valence-electron chi connectivity index (χ2n) is 9.21. The normalized spacial score (nSPS) is 17.9. The second kappa shape index (κ2) is 9.18. The molecule has 4 rings (SSSR count). The summed E-state index contributed by atoms with van der Waals surface area (Å²) >= 11 is 5.65. The molecule has 0 aliphatic heterocycles. The maximum absolute atomic E-state index is 13.1. The predicted octanol–water partition coefficient (Wildman–Crippen LogP) is 5.04. The fourth-order valence-electron chi connectivity index (χ4n) is 3.83. The van der Waals surface area contributed by atoms with Crippen molar-refractivity contribution in [3.63, 3.8) is 0 Å². The van der Waals surface area contributed by atoms with Crippen LogP contribution in [-0.4, -0.2) is 22.4 Å². The summed E-state index contributed by atoms with van der Waals surface area (Å²) in [6, 6.07) is 11.7. The van der Waals surface area contributed by atoms with Crippen LogP contribution in [0.3, 0.4) is 0 Å². The highest BCUT2D eigenvalue weighted by atomic mass is 32.1. The van der Waals surface area contributed by atoms with Gasteiger partial charge in [-0.3, -0.25) is 9.78 Å². The van der Waals surface area contributed by atoms with Gasteiger partial charge in [0.25, 0.3) is 0 Å². The molecule has 0 radical (unpaired) electrons. The first-order valence-corrected chi connectivity index (χ1v) is 11.2. The first kappa shape index (κ1) is 21.5. The molecule has 2 aromatic rings. The Morgan fingerprint density at radius 3 is 2.71 bits per heavy atom. The van der Waals surface area contributed by atoms with Gasteiger partial charge >= 0.3 is 0 Å². The molecule has 1 aromatic heterocycles. The van der Waals surface area contributed by atoms with E-state index in [-0.39, 0.29) is 11.2 Å². The van der Waals surface area contributed by atoms with Crippen molar-refractivity contribution in [2.75, 3.05) is 11.9 Å². The van der Waals surface area contributed by atoms with Gasteiger partial charge in [-0.1, -0.05) is 44.3 Å². The Bertz CT molecular complexity index is 997. The van der Waals surface area contributed by atoms with Gasteiger partial charge in [0.2, 0.25) is 0 Å². The van der Waals surface area contributed by atoms with E-state index in [4.69, 9.17) is 17.0 Å². The molecule has 5 nitrogen and oxygen atoms in total. The third kappa shape index (κ3) is 5.70. The average molecular weight is 436 g/mol. The summed E-state index contributed by atoms with van der Waals surface area (Å²) in [5.41, 5.74) is 3.27. The van der Waals surface area contributed by atoms with Gasteiger partial charge in [0.15, 0.2) is 5.78 Å². The molecule has 0 saturated heterocycles. The standard InChI is InChI=1S/C25H29N3O2S/c1-25(2)12-20(23(21(29)13-25)24(31)28-19-6-4-3-5-7-19)27-14-18-10-11-26-15-22(18)30-16-17-8-9-17/h3-7,10-11,15,17,27H,8-9,12-14,16H2,1-2H3,(H,28,31). The van der Waals surface area contributed by atoms with Gasteiger partial charge in [-0.05, 0) is 48.8 Å². The Balaban J connectivity index is 1.54. The number of Topliss-reactive ketones (excluding diaryl/α,β-unsaturated/α-hetero) is 1. The minimum atomic E-state index is -0.116. The van der Waals surface area contributed by atoms with E-state index in [1.54, 1.807) is 12.4 Å². The maximum Gasteiger partial charge on any atom is 0.168 e. The summed E-state index contributed by atoms with van der Waals surface area (Å²) in [7, 11) is 0. The molecule has 2 N–H and O–H groups in total. The molecule has 2 aliphatic carbocycles. The van der Waals surface area contributed by atoms with Crippen molar-refractivity contribution in [2.45, 2.75) is 46.1 Å². The third-order valence-electron chi connectivity index (χ3n) is 5.67. The summed E-state index contributed by atoms with van der Waals surface area (Å²) in [4.78, 5) is 17.7. The molecule has 1 saturated carbocycles. The number of ketones is 1. The van der Waals surface area contributed by atoms with Crippen LogP contribution in [0.1, 0.15) is 45.1 Å². The molecule has 31 heavy (non-hydrogen) atoms. The molecule has 1 fully saturated rings. The molecule has 1 heterocycles. The van der Waals surface area contributed by atoms with Gasteiger partial charge < -0.3 is 15.4 Å². The van der Waals surface area contributed by atoms with Crippen LogP contribution in [0.25, 0.3) is 0 Å². The number of anilines is 1. The molecule has 0 unspecified atom stereocenters. The molecule has 0 spiro atoms. The van der Waals surface area contributed by atoms with E-state index in [2.05, 4.69) is 29.5 Å². The van der Waals surface area contributed by atoms with Crippen LogP contribution in [0, 0.1) is 11.3 Å². The van der Waals surface area contributed by atoms with Crippen molar-refractivity contribution in [3.8, 4) is 5.75 Å². The number of rotatable bonds is 8. The molecule has 0 bridgehead atoms. The summed E-state index contributed by atoms with van der Waals surface area (Å²) in [6.07, 6.45) is 7.27. The largest absolute Gasteiger partial charge is 0.491 e. The number of hydrogen-bond donors (Lipinski definition) is 2. The van der Waals surface area contributed by atoms with E-state index < -0.39 is 0 Å². The van der Waals surface area contributed by atoms with Crippen molar-refractivity contribution in [3.05, 3.63) is 65.6 Å². The Morgan fingerprint density at radius 2 is 1.97 bits per heavy atom. The number of aromatic nitrogens is 1. The quantitative estimate of drug-likeness (QED) is 0.566. The third-order valence-corrected chi connectivity index (χ3v) is 5.97. The highest BCUT2D eigenvalue weighted by molar-refractivity contribution is 7.81. The van der Waals surface area contributed by atoms with Gasteiger partial charge in [-0.25, -0.2) is 0 Å². The fraction of sp³-hybridized carbons (Fsp3) is 0.400. The van der Waals surface area contributed by atoms with Crippen LogP contribution in [0.2, 0.25) is 0 Å². The Kier molecular flexibility index (Phi) is 6.37. The van der Waals surface area contributed by atoms with Gasteiger partial charge in [0.05, 0.1) is 18.4 Å². The molecule has 0 atom stereocenters. The van der Waals surface area contributed by atoms with E-state index in [1.165, 1.54) is 12.8 Å². The Labute approximate surface area is 189 Å². The molecular weight excluding hydrogens is 406 g/mol. The zero-order valence-electron chi connectivity index (χ0n) is 18.1. The highest BCUT2D eigenvalue weighted by Crippen LogP contribution is 2.37. The van der Waals surface area contributed by atoms with Gasteiger partial charge in [-0.2, -0.15) is 0 Å². The van der Waals surface area contributed by atoms with Crippen LogP contribution >= 0.6 is 12.2 Å². The number of carbonyl (C=O) groups excluding carboxylic acids is 1. The Hall–Kier alpha value is -2.73. The number of pyridine rings is 1. The molecule has 6 heteroatoms. The zero-order valence-corrected chi connectivity index (χ0v) is 18.9. The van der Waals surface area contributed by atoms with Crippen LogP contribution in [0.15, 0.2) is 60.1 Å². The summed E-state index contributed by atoms with van der Waals surface area (Å²) in [6.45, 7) is 5.53. The van der Waals surface area contributed by atoms with Crippen molar-refractivity contribution in [2.24, 2.45) is 11.3 Å². The first-order chi connectivity index (χ1) is 14.9. The van der Waals surface area contributed by atoms with Crippen molar-refractivity contribution in [1.82, 2.24) is 10.3 Å². The van der Waals surface area contributed by atoms with Crippen LogP contribution in [-0.2, 0) is 11.3 Å². The molecule has 1 aromatic carbocycles. The van der Waals surface area contributed by atoms with E-state index in [0.717, 1.165) is 35.7 Å². The second-order valence-corrected chi connectivity index (χ2v) is 9.61. The minimum Gasteiger partial charge on any atom is -0.491 e. The lowest BCUT2D eigenvalue weighted by Gasteiger charge is -2.33. The average Bonchev–Trinajstić information content (AvgIpc) is 3.55. The monoisotopic (exact) mass is 435 g/mol. The summed E-state index contributed by atoms with van der Waals surface area (Å²) in [5, 5.41) is 6.73. The van der Waals surface area contributed by atoms with E-state index in [1.807, 2.05) is 36.4 Å². The molecule has 0 amide bonds. The number of allylic oxidation sites excluding steroid dienone is 1. The summed E-state index contributed by atoms with van der Waals surface area (Å²) < 4.78 is 5.99. The van der Waals surface area contributed by atoms with E-state index in [0.29, 0.717) is 29.4 Å².